The molecule has 0 aromatic heterocycles. The lowest BCUT2D eigenvalue weighted by molar-refractivity contribution is 0.414. The highest BCUT2D eigenvalue weighted by Crippen LogP contribution is 2.30. The molecule has 0 amide bonds. The van der Waals surface area contributed by atoms with Crippen LogP contribution in [0, 0.1) is 0 Å². The number of methoxy groups -OCH3 is 1. The SMILES string of the molecule is COc1ccc(C(N)C(C)SCc2ccccc2Cl)cc1. The van der Waals surface area contributed by atoms with Crippen molar-refractivity contribution in [1.29, 1.82) is 0 Å². The molecule has 0 spiro atoms. The number of ether oxygens (including phenoxy) is 1. The summed E-state index contributed by atoms with van der Waals surface area (Å²) in [7, 11) is 1.66. The molecule has 0 bridgehead atoms. The Morgan fingerprint density at radius 2 is 1.81 bits per heavy atom. The van der Waals surface area contributed by atoms with Crippen LogP contribution in [0.5, 0.6) is 5.75 Å². The summed E-state index contributed by atoms with van der Waals surface area (Å²) < 4.78 is 5.17. The van der Waals surface area contributed by atoms with Gasteiger partial charge in [0.1, 0.15) is 5.75 Å². The van der Waals surface area contributed by atoms with Crippen LogP contribution in [0.1, 0.15) is 24.1 Å². The molecule has 0 aliphatic rings. The fraction of sp³-hybridized carbons (Fsp3) is 0.294. The Kier molecular flexibility index (Phi) is 5.97. The number of hydrogen-bond acceptors (Lipinski definition) is 3. The van der Waals surface area contributed by atoms with E-state index in [0.29, 0.717) is 5.25 Å². The van der Waals surface area contributed by atoms with Gasteiger partial charge in [0.25, 0.3) is 0 Å². The quantitative estimate of drug-likeness (QED) is 0.839. The fourth-order valence-corrected chi connectivity index (χ4v) is 3.38. The summed E-state index contributed by atoms with van der Waals surface area (Å²) in [5.41, 5.74) is 8.61. The van der Waals surface area contributed by atoms with Crippen LogP contribution in [0.4, 0.5) is 0 Å². The lowest BCUT2D eigenvalue weighted by Gasteiger charge is -2.20. The van der Waals surface area contributed by atoms with E-state index in [1.165, 1.54) is 0 Å². The maximum atomic E-state index is 6.34. The summed E-state index contributed by atoms with van der Waals surface area (Å²) >= 11 is 8.00. The molecule has 0 saturated heterocycles. The summed E-state index contributed by atoms with van der Waals surface area (Å²) in [5.74, 6) is 1.72. The Morgan fingerprint density at radius 1 is 1.14 bits per heavy atom. The van der Waals surface area contributed by atoms with Gasteiger partial charge in [-0.15, -0.1) is 0 Å². The van der Waals surface area contributed by atoms with Crippen LogP contribution in [-0.2, 0) is 5.75 Å². The number of hydrogen-bond donors (Lipinski definition) is 1. The third-order valence-corrected chi connectivity index (χ3v) is 5.13. The summed E-state index contributed by atoms with van der Waals surface area (Å²) in [4.78, 5) is 0. The summed E-state index contributed by atoms with van der Waals surface area (Å²) in [6, 6.07) is 15.9. The van der Waals surface area contributed by atoms with E-state index < -0.39 is 0 Å². The molecule has 0 heterocycles. The molecule has 0 fully saturated rings. The van der Waals surface area contributed by atoms with Crippen LogP contribution < -0.4 is 10.5 Å². The molecule has 21 heavy (non-hydrogen) atoms. The van der Waals surface area contributed by atoms with Crippen LogP contribution >= 0.6 is 23.4 Å². The molecule has 2 atom stereocenters. The first-order valence-electron chi connectivity index (χ1n) is 6.86. The molecule has 0 aliphatic heterocycles. The second kappa shape index (κ2) is 7.74. The zero-order valence-corrected chi connectivity index (χ0v) is 13.8. The summed E-state index contributed by atoms with van der Waals surface area (Å²) in [6.45, 7) is 2.15. The van der Waals surface area contributed by atoms with Gasteiger partial charge in [-0.05, 0) is 29.3 Å². The second-order valence-corrected chi connectivity index (χ2v) is 6.68. The van der Waals surface area contributed by atoms with E-state index in [2.05, 4.69) is 13.0 Å². The van der Waals surface area contributed by atoms with E-state index in [-0.39, 0.29) is 6.04 Å². The van der Waals surface area contributed by atoms with Crippen molar-refractivity contribution in [3.8, 4) is 5.75 Å². The topological polar surface area (TPSA) is 35.2 Å². The molecule has 2 N–H and O–H groups in total. The second-order valence-electron chi connectivity index (χ2n) is 4.91. The molecule has 112 valence electrons. The maximum absolute atomic E-state index is 6.34. The van der Waals surface area contributed by atoms with Crippen molar-refractivity contribution in [1.82, 2.24) is 0 Å². The van der Waals surface area contributed by atoms with Gasteiger partial charge in [-0.25, -0.2) is 0 Å². The van der Waals surface area contributed by atoms with Gasteiger partial charge >= 0.3 is 0 Å². The number of thioether (sulfide) groups is 1. The summed E-state index contributed by atoms with van der Waals surface area (Å²) in [5, 5.41) is 1.12. The predicted octanol–water partition coefficient (Wildman–Crippen LogP) is 4.67. The molecule has 2 aromatic rings. The van der Waals surface area contributed by atoms with Gasteiger partial charge in [-0.3, -0.25) is 0 Å². The highest BCUT2D eigenvalue weighted by atomic mass is 35.5. The van der Waals surface area contributed by atoms with Crippen LogP contribution in [0.2, 0.25) is 5.02 Å². The van der Waals surface area contributed by atoms with Crippen molar-refractivity contribution in [2.45, 2.75) is 24.0 Å². The molecular formula is C17H20ClNOS. The van der Waals surface area contributed by atoms with Crippen molar-refractivity contribution in [2.75, 3.05) is 7.11 Å². The maximum Gasteiger partial charge on any atom is 0.118 e. The molecule has 0 saturated carbocycles. The molecule has 2 rings (SSSR count). The van der Waals surface area contributed by atoms with E-state index in [1.807, 2.05) is 54.2 Å². The fourth-order valence-electron chi connectivity index (χ4n) is 2.04. The van der Waals surface area contributed by atoms with Gasteiger partial charge in [0.05, 0.1) is 7.11 Å². The average Bonchev–Trinajstić information content (AvgIpc) is 2.53. The van der Waals surface area contributed by atoms with Gasteiger partial charge in [0.2, 0.25) is 0 Å². The minimum Gasteiger partial charge on any atom is -0.497 e. The highest BCUT2D eigenvalue weighted by molar-refractivity contribution is 7.99. The van der Waals surface area contributed by atoms with E-state index in [0.717, 1.165) is 27.7 Å². The minimum absolute atomic E-state index is 0.0107. The Bertz CT molecular complexity index is 573. The van der Waals surface area contributed by atoms with Crippen molar-refractivity contribution in [3.63, 3.8) is 0 Å². The van der Waals surface area contributed by atoms with E-state index in [1.54, 1.807) is 7.11 Å². The Balaban J connectivity index is 1.95. The molecule has 2 unspecified atom stereocenters. The lowest BCUT2D eigenvalue weighted by atomic mass is 10.1. The van der Waals surface area contributed by atoms with Gasteiger partial charge in [0.15, 0.2) is 0 Å². The number of benzene rings is 2. The van der Waals surface area contributed by atoms with Gasteiger partial charge in [-0.2, -0.15) is 11.8 Å². The number of nitrogens with two attached hydrogens (primary N) is 1. The Labute approximate surface area is 135 Å². The number of halogens is 1. The smallest absolute Gasteiger partial charge is 0.118 e. The van der Waals surface area contributed by atoms with Crippen molar-refractivity contribution >= 4 is 23.4 Å². The van der Waals surface area contributed by atoms with Gasteiger partial charge < -0.3 is 10.5 Å². The zero-order valence-electron chi connectivity index (χ0n) is 12.3. The number of rotatable bonds is 6. The molecule has 2 nitrogen and oxygen atoms in total. The first-order valence-corrected chi connectivity index (χ1v) is 8.29. The van der Waals surface area contributed by atoms with Crippen molar-refractivity contribution < 1.29 is 4.74 Å². The Morgan fingerprint density at radius 3 is 2.43 bits per heavy atom. The lowest BCUT2D eigenvalue weighted by Crippen LogP contribution is -2.21. The minimum atomic E-state index is -0.0107. The Hall–Kier alpha value is -1.16. The summed E-state index contributed by atoms with van der Waals surface area (Å²) in [6.07, 6.45) is 0. The molecular weight excluding hydrogens is 302 g/mol. The highest BCUT2D eigenvalue weighted by Gasteiger charge is 2.16. The first kappa shape index (κ1) is 16.2. The van der Waals surface area contributed by atoms with Gasteiger partial charge in [0, 0.05) is 22.1 Å². The van der Waals surface area contributed by atoms with Crippen LogP contribution in [0.25, 0.3) is 0 Å². The van der Waals surface area contributed by atoms with Gasteiger partial charge in [-0.1, -0.05) is 48.9 Å². The van der Waals surface area contributed by atoms with Crippen molar-refractivity contribution in [3.05, 3.63) is 64.7 Å². The van der Waals surface area contributed by atoms with E-state index >= 15 is 0 Å². The first-order chi connectivity index (χ1) is 10.1. The average molecular weight is 322 g/mol. The third kappa shape index (κ3) is 4.40. The van der Waals surface area contributed by atoms with Crippen molar-refractivity contribution in [2.24, 2.45) is 5.73 Å². The molecule has 0 radical (unpaired) electrons. The van der Waals surface area contributed by atoms with Crippen LogP contribution in [0.3, 0.4) is 0 Å². The largest absolute Gasteiger partial charge is 0.497 e. The third-order valence-electron chi connectivity index (χ3n) is 3.47. The molecule has 0 aliphatic carbocycles. The van der Waals surface area contributed by atoms with Crippen LogP contribution in [0.15, 0.2) is 48.5 Å². The monoisotopic (exact) mass is 321 g/mol. The molecule has 4 heteroatoms. The van der Waals surface area contributed by atoms with Crippen LogP contribution in [-0.4, -0.2) is 12.4 Å². The molecule has 2 aromatic carbocycles. The predicted molar refractivity (Wildman–Crippen MR) is 92.1 cm³/mol. The van der Waals surface area contributed by atoms with E-state index in [9.17, 15) is 0 Å². The zero-order chi connectivity index (χ0) is 15.2. The standard InChI is InChI=1S/C17H20ClNOS/c1-12(21-11-14-5-3-4-6-16(14)18)17(19)13-7-9-15(20-2)10-8-13/h3-10,12,17H,11,19H2,1-2H3. The van der Waals surface area contributed by atoms with E-state index in [4.69, 9.17) is 22.1 Å². The normalized spacial score (nSPS) is 13.7.